The van der Waals surface area contributed by atoms with E-state index in [4.69, 9.17) is 0 Å². The minimum absolute atomic E-state index is 0.246. The van der Waals surface area contributed by atoms with E-state index in [1.807, 2.05) is 17.9 Å². The van der Waals surface area contributed by atoms with Crippen LogP contribution in [0.2, 0.25) is 0 Å². The predicted molar refractivity (Wildman–Crippen MR) is 83.7 cm³/mol. The number of nitrogens with zero attached hydrogens (tertiary/aromatic N) is 5. The molecule has 0 radical (unpaired) electrons. The van der Waals surface area contributed by atoms with E-state index in [9.17, 15) is 4.79 Å². The molecule has 1 aliphatic rings. The molecule has 1 fully saturated rings. The Kier molecular flexibility index (Phi) is 4.22. The molecule has 0 aliphatic carbocycles. The largest absolute Gasteiger partial charge is 0.379 e. The maximum atomic E-state index is 11.7. The molecule has 22 heavy (non-hydrogen) atoms. The molecule has 0 saturated carbocycles. The Bertz CT molecular complexity index is 659. The second-order valence-electron chi connectivity index (χ2n) is 5.65. The Hall–Kier alpha value is -2.18. The summed E-state index contributed by atoms with van der Waals surface area (Å²) in [6, 6.07) is 2.40. The lowest BCUT2D eigenvalue weighted by atomic mass is 10.0. The number of carbonyl (C=O) groups excluding carboxylic acids is 1. The highest BCUT2D eigenvalue weighted by atomic mass is 16.2. The van der Waals surface area contributed by atoms with Gasteiger partial charge in [-0.15, -0.1) is 10.2 Å². The molecule has 7 nitrogen and oxygen atoms in total. The van der Waals surface area contributed by atoms with Crippen molar-refractivity contribution in [2.45, 2.75) is 45.6 Å². The maximum absolute atomic E-state index is 11.7. The van der Waals surface area contributed by atoms with Crippen LogP contribution in [0, 0.1) is 0 Å². The van der Waals surface area contributed by atoms with Crippen LogP contribution in [0.25, 0.3) is 5.65 Å². The maximum Gasteiger partial charge on any atom is 0.222 e. The van der Waals surface area contributed by atoms with Gasteiger partial charge in [0.25, 0.3) is 0 Å². The van der Waals surface area contributed by atoms with Gasteiger partial charge in [0.2, 0.25) is 11.6 Å². The second-order valence-corrected chi connectivity index (χ2v) is 5.65. The van der Waals surface area contributed by atoms with Crippen LogP contribution >= 0.6 is 0 Å². The van der Waals surface area contributed by atoms with E-state index in [0.29, 0.717) is 12.5 Å². The van der Waals surface area contributed by atoms with Gasteiger partial charge in [0.05, 0.1) is 11.4 Å². The topological polar surface area (TPSA) is 75.4 Å². The number of piperidine rings is 1. The molecule has 0 atom stereocenters. The zero-order chi connectivity index (χ0) is 15.5. The number of amides is 1. The average Bonchev–Trinajstić information content (AvgIpc) is 3.03. The van der Waals surface area contributed by atoms with Crippen molar-refractivity contribution in [1.29, 1.82) is 0 Å². The third-order valence-corrected chi connectivity index (χ3v) is 4.19. The van der Waals surface area contributed by atoms with Crippen LogP contribution < -0.4 is 5.32 Å². The first-order valence-corrected chi connectivity index (χ1v) is 7.95. The van der Waals surface area contributed by atoms with E-state index in [1.54, 1.807) is 10.8 Å². The minimum Gasteiger partial charge on any atom is -0.379 e. The van der Waals surface area contributed by atoms with Gasteiger partial charge in [-0.25, -0.2) is 0 Å². The molecule has 1 N–H and O–H groups in total. The highest BCUT2D eigenvalue weighted by Crippen LogP contribution is 2.21. The summed E-state index contributed by atoms with van der Waals surface area (Å²) in [5.41, 5.74) is 2.74. The van der Waals surface area contributed by atoms with Crippen LogP contribution in [-0.2, 0) is 11.2 Å². The Balaban J connectivity index is 1.72. The Morgan fingerprint density at radius 3 is 2.82 bits per heavy atom. The molecule has 1 amide bonds. The summed E-state index contributed by atoms with van der Waals surface area (Å²) in [6.45, 7) is 5.63. The van der Waals surface area contributed by atoms with E-state index in [1.165, 1.54) is 0 Å². The highest BCUT2D eigenvalue weighted by molar-refractivity contribution is 5.76. The van der Waals surface area contributed by atoms with E-state index >= 15 is 0 Å². The summed E-state index contributed by atoms with van der Waals surface area (Å²) >= 11 is 0. The molecule has 1 saturated heterocycles. The summed E-state index contributed by atoms with van der Waals surface area (Å²) in [7, 11) is 0. The van der Waals surface area contributed by atoms with Crippen molar-refractivity contribution in [2.24, 2.45) is 0 Å². The van der Waals surface area contributed by atoms with Gasteiger partial charge in [-0.1, -0.05) is 13.8 Å². The average molecular weight is 302 g/mol. The quantitative estimate of drug-likeness (QED) is 0.926. The van der Waals surface area contributed by atoms with Crippen molar-refractivity contribution in [2.75, 3.05) is 18.4 Å². The Labute approximate surface area is 129 Å². The monoisotopic (exact) mass is 302 g/mol. The number of fused-ring (bicyclic) bond motifs is 1. The van der Waals surface area contributed by atoms with Crippen LogP contribution in [0.3, 0.4) is 0 Å². The Morgan fingerprint density at radius 1 is 1.36 bits per heavy atom. The van der Waals surface area contributed by atoms with Crippen LogP contribution in [0.15, 0.2) is 12.4 Å². The SMILES string of the molecule is CCC(=O)N1CCC(Nc2cc(CC)nn3cnnc23)CC1. The van der Waals surface area contributed by atoms with Gasteiger partial charge in [-0.05, 0) is 25.3 Å². The first-order valence-electron chi connectivity index (χ1n) is 7.95. The zero-order valence-corrected chi connectivity index (χ0v) is 13.1. The van der Waals surface area contributed by atoms with Gasteiger partial charge < -0.3 is 10.2 Å². The molecule has 0 bridgehead atoms. The molecule has 0 aromatic carbocycles. The van der Waals surface area contributed by atoms with E-state index < -0.39 is 0 Å². The summed E-state index contributed by atoms with van der Waals surface area (Å²) in [5.74, 6) is 0.246. The molecular formula is C15H22N6O. The number of nitrogens with one attached hydrogen (secondary N) is 1. The number of hydrogen-bond donors (Lipinski definition) is 1. The fourth-order valence-corrected chi connectivity index (χ4v) is 2.87. The number of aromatic nitrogens is 4. The first-order chi connectivity index (χ1) is 10.7. The Morgan fingerprint density at radius 2 is 2.14 bits per heavy atom. The van der Waals surface area contributed by atoms with Crippen molar-refractivity contribution in [3.05, 3.63) is 18.1 Å². The number of hydrogen-bond acceptors (Lipinski definition) is 5. The second kappa shape index (κ2) is 6.29. The van der Waals surface area contributed by atoms with Crippen LogP contribution in [0.5, 0.6) is 0 Å². The van der Waals surface area contributed by atoms with Gasteiger partial charge in [0.15, 0.2) is 0 Å². The molecule has 3 rings (SSSR count). The number of likely N-dealkylation sites (tertiary alicyclic amines) is 1. The molecule has 2 aromatic rings. The lowest BCUT2D eigenvalue weighted by Gasteiger charge is -2.32. The smallest absolute Gasteiger partial charge is 0.222 e. The molecule has 3 heterocycles. The normalized spacial score (nSPS) is 16.2. The first kappa shape index (κ1) is 14.7. The third kappa shape index (κ3) is 2.88. The summed E-state index contributed by atoms with van der Waals surface area (Å²) in [5, 5.41) is 16.1. The van der Waals surface area contributed by atoms with Gasteiger partial charge in [0.1, 0.15) is 6.33 Å². The molecule has 0 unspecified atom stereocenters. The molecule has 1 aliphatic heterocycles. The summed E-state index contributed by atoms with van der Waals surface area (Å²) in [6.07, 6.45) is 4.99. The van der Waals surface area contributed by atoms with Gasteiger partial charge in [-0.2, -0.15) is 9.61 Å². The highest BCUT2D eigenvalue weighted by Gasteiger charge is 2.22. The van der Waals surface area contributed by atoms with Gasteiger partial charge in [0, 0.05) is 25.6 Å². The number of anilines is 1. The van der Waals surface area contributed by atoms with Crippen molar-refractivity contribution < 1.29 is 4.79 Å². The predicted octanol–water partition coefficient (Wildman–Crippen LogP) is 1.50. The van der Waals surface area contributed by atoms with E-state index in [2.05, 4.69) is 27.5 Å². The molecule has 2 aromatic heterocycles. The van der Waals surface area contributed by atoms with Gasteiger partial charge >= 0.3 is 0 Å². The van der Waals surface area contributed by atoms with Crippen molar-refractivity contribution >= 4 is 17.2 Å². The molecular weight excluding hydrogens is 280 g/mol. The summed E-state index contributed by atoms with van der Waals surface area (Å²) < 4.78 is 1.72. The van der Waals surface area contributed by atoms with Gasteiger partial charge in [-0.3, -0.25) is 4.79 Å². The van der Waals surface area contributed by atoms with Crippen molar-refractivity contribution in [3.63, 3.8) is 0 Å². The number of carbonyl (C=O) groups is 1. The minimum atomic E-state index is 0.246. The summed E-state index contributed by atoms with van der Waals surface area (Å²) in [4.78, 5) is 13.7. The standard InChI is InChI=1S/C15H22N6O/c1-3-11-9-13(15-18-16-10-21(15)19-11)17-12-5-7-20(8-6-12)14(22)4-2/h9-10,12,17H,3-8H2,1-2H3. The lowest BCUT2D eigenvalue weighted by Crippen LogP contribution is -2.42. The molecule has 7 heteroatoms. The van der Waals surface area contributed by atoms with E-state index in [0.717, 1.165) is 49.4 Å². The van der Waals surface area contributed by atoms with Crippen LogP contribution in [0.4, 0.5) is 5.69 Å². The molecule has 118 valence electrons. The fraction of sp³-hybridized carbons (Fsp3) is 0.600. The fourth-order valence-electron chi connectivity index (χ4n) is 2.87. The lowest BCUT2D eigenvalue weighted by molar-refractivity contribution is -0.131. The molecule has 0 spiro atoms. The zero-order valence-electron chi connectivity index (χ0n) is 13.1. The van der Waals surface area contributed by atoms with Crippen LogP contribution in [-0.4, -0.2) is 49.7 Å². The van der Waals surface area contributed by atoms with Crippen LogP contribution in [0.1, 0.15) is 38.8 Å². The number of aryl methyl sites for hydroxylation is 1. The van der Waals surface area contributed by atoms with Crippen molar-refractivity contribution in [3.8, 4) is 0 Å². The third-order valence-electron chi connectivity index (χ3n) is 4.19. The number of rotatable bonds is 4. The van der Waals surface area contributed by atoms with E-state index in [-0.39, 0.29) is 5.91 Å². The van der Waals surface area contributed by atoms with Crippen molar-refractivity contribution in [1.82, 2.24) is 24.7 Å².